The van der Waals surface area contributed by atoms with Gasteiger partial charge < -0.3 is 20.3 Å². The Morgan fingerprint density at radius 3 is 2.80 bits per heavy atom. The second kappa shape index (κ2) is 3.54. The molecule has 0 unspecified atom stereocenters. The number of rotatable bonds is 2. The summed E-state index contributed by atoms with van der Waals surface area (Å²) in [7, 11) is 0. The number of nitrogens with two attached hydrogens (primary N) is 1. The van der Waals surface area contributed by atoms with Crippen molar-refractivity contribution in [3.63, 3.8) is 0 Å². The Morgan fingerprint density at radius 2 is 2.20 bits per heavy atom. The van der Waals surface area contributed by atoms with Gasteiger partial charge in [0.05, 0.1) is 16.1 Å². The van der Waals surface area contributed by atoms with Crippen LogP contribution in [0.15, 0.2) is 11.0 Å². The normalized spacial score (nSPS) is 12.9. The molecule has 6 heteroatoms. The van der Waals surface area contributed by atoms with E-state index in [1.807, 2.05) is 0 Å². The minimum absolute atomic E-state index is 0.0795. The zero-order chi connectivity index (χ0) is 11.0. The van der Waals surface area contributed by atoms with Gasteiger partial charge in [0.1, 0.15) is 0 Å². The third-order valence-electron chi connectivity index (χ3n) is 2.06. The van der Waals surface area contributed by atoms with Crippen molar-refractivity contribution in [3.8, 4) is 11.5 Å². The Hall–Kier alpha value is -1.56. The molecule has 0 aromatic heterocycles. The van der Waals surface area contributed by atoms with Gasteiger partial charge in [0.2, 0.25) is 6.79 Å². The van der Waals surface area contributed by atoms with E-state index >= 15 is 0 Å². The smallest absolute Gasteiger partial charge is 0.337 e. The molecule has 1 aliphatic heterocycles. The number of hydrogen-bond donors (Lipinski definition) is 2. The Balaban J connectivity index is 2.68. The van der Waals surface area contributed by atoms with Crippen LogP contribution < -0.4 is 15.2 Å². The van der Waals surface area contributed by atoms with E-state index in [4.69, 9.17) is 20.3 Å². The molecule has 0 amide bonds. The summed E-state index contributed by atoms with van der Waals surface area (Å²) in [6, 6.07) is 1.39. The molecule has 0 bridgehead atoms. The van der Waals surface area contributed by atoms with Crippen molar-refractivity contribution in [3.05, 3.63) is 11.6 Å². The van der Waals surface area contributed by atoms with Gasteiger partial charge in [0.15, 0.2) is 11.5 Å². The van der Waals surface area contributed by atoms with Gasteiger partial charge in [0.25, 0.3) is 0 Å². The van der Waals surface area contributed by atoms with Crippen molar-refractivity contribution in [1.82, 2.24) is 0 Å². The molecule has 1 aromatic rings. The number of fused-ring (bicyclic) bond motifs is 1. The summed E-state index contributed by atoms with van der Waals surface area (Å²) in [4.78, 5) is 11.5. The van der Waals surface area contributed by atoms with Crippen molar-refractivity contribution < 1.29 is 19.4 Å². The molecule has 2 rings (SSSR count). The highest BCUT2D eigenvalue weighted by atomic mass is 32.2. The van der Waals surface area contributed by atoms with E-state index in [1.54, 1.807) is 6.26 Å². The van der Waals surface area contributed by atoms with Crippen LogP contribution >= 0.6 is 11.8 Å². The van der Waals surface area contributed by atoms with Gasteiger partial charge in [-0.05, 0) is 12.3 Å². The number of anilines is 1. The van der Waals surface area contributed by atoms with E-state index in [9.17, 15) is 4.79 Å². The Labute approximate surface area is 90.2 Å². The Bertz CT molecular complexity index is 433. The van der Waals surface area contributed by atoms with E-state index in [-0.39, 0.29) is 18.0 Å². The van der Waals surface area contributed by atoms with Crippen LogP contribution in [0.5, 0.6) is 11.5 Å². The lowest BCUT2D eigenvalue weighted by Crippen LogP contribution is -2.01. The topological polar surface area (TPSA) is 81.8 Å². The van der Waals surface area contributed by atoms with Crippen molar-refractivity contribution in [2.45, 2.75) is 4.90 Å². The average molecular weight is 227 g/mol. The van der Waals surface area contributed by atoms with Gasteiger partial charge in [0, 0.05) is 0 Å². The monoisotopic (exact) mass is 227 g/mol. The van der Waals surface area contributed by atoms with Crippen molar-refractivity contribution >= 4 is 23.4 Å². The molecule has 1 aromatic carbocycles. The number of aromatic carboxylic acids is 1. The highest BCUT2D eigenvalue weighted by Gasteiger charge is 2.26. The summed E-state index contributed by atoms with van der Waals surface area (Å²) in [5, 5.41) is 8.99. The zero-order valence-electron chi connectivity index (χ0n) is 7.94. The van der Waals surface area contributed by atoms with Crippen LogP contribution in [-0.4, -0.2) is 24.1 Å². The molecule has 15 heavy (non-hydrogen) atoms. The fraction of sp³-hybridized carbons (Fsp3) is 0.222. The Morgan fingerprint density at radius 1 is 1.53 bits per heavy atom. The minimum Gasteiger partial charge on any atom is -0.478 e. The standard InChI is InChI=1S/C9H9NO4S/c1-15-8-4(9(11)12)2-5(10)6-7(8)14-3-13-6/h2H,3,10H2,1H3,(H,11,12). The molecule has 5 nitrogen and oxygen atoms in total. The van der Waals surface area contributed by atoms with Crippen LogP contribution in [0.2, 0.25) is 0 Å². The fourth-order valence-corrected chi connectivity index (χ4v) is 2.14. The molecule has 0 atom stereocenters. The summed E-state index contributed by atoms with van der Waals surface area (Å²) < 4.78 is 10.4. The van der Waals surface area contributed by atoms with Crippen LogP contribution in [0.3, 0.4) is 0 Å². The Kier molecular flexibility index (Phi) is 2.36. The lowest BCUT2D eigenvalue weighted by atomic mass is 10.1. The third-order valence-corrected chi connectivity index (χ3v) is 2.87. The van der Waals surface area contributed by atoms with Gasteiger partial charge in [-0.1, -0.05) is 0 Å². The number of carboxylic acids is 1. The highest BCUT2D eigenvalue weighted by Crippen LogP contribution is 2.46. The van der Waals surface area contributed by atoms with Gasteiger partial charge in [-0.3, -0.25) is 0 Å². The fourth-order valence-electron chi connectivity index (χ4n) is 1.43. The molecule has 0 fully saturated rings. The number of benzene rings is 1. The predicted molar refractivity (Wildman–Crippen MR) is 55.7 cm³/mol. The van der Waals surface area contributed by atoms with Crippen LogP contribution in [0, 0.1) is 0 Å². The first-order valence-corrected chi connectivity index (χ1v) is 5.37. The van der Waals surface area contributed by atoms with Crippen molar-refractivity contribution in [2.24, 2.45) is 0 Å². The predicted octanol–water partition coefficient (Wildman–Crippen LogP) is 1.42. The lowest BCUT2D eigenvalue weighted by Gasteiger charge is -2.08. The molecule has 1 aliphatic rings. The largest absolute Gasteiger partial charge is 0.478 e. The van der Waals surface area contributed by atoms with E-state index in [2.05, 4.69) is 0 Å². The van der Waals surface area contributed by atoms with E-state index in [0.29, 0.717) is 16.4 Å². The molecule has 3 N–H and O–H groups in total. The number of carbonyl (C=O) groups is 1. The van der Waals surface area contributed by atoms with Gasteiger partial charge in [-0.15, -0.1) is 11.8 Å². The number of thioether (sulfide) groups is 1. The molecule has 0 radical (unpaired) electrons. The molecule has 0 aliphatic carbocycles. The number of ether oxygens (including phenoxy) is 2. The van der Waals surface area contributed by atoms with Gasteiger partial charge >= 0.3 is 5.97 Å². The molecular formula is C9H9NO4S. The zero-order valence-corrected chi connectivity index (χ0v) is 8.76. The first-order valence-electron chi connectivity index (χ1n) is 4.14. The van der Waals surface area contributed by atoms with Gasteiger partial charge in [-0.25, -0.2) is 4.79 Å². The summed E-state index contributed by atoms with van der Waals surface area (Å²) in [6.45, 7) is 0.0795. The summed E-state index contributed by atoms with van der Waals surface area (Å²) in [6.07, 6.45) is 1.78. The lowest BCUT2D eigenvalue weighted by molar-refractivity contribution is 0.0692. The summed E-state index contributed by atoms with van der Waals surface area (Å²) >= 11 is 1.30. The van der Waals surface area contributed by atoms with Crippen molar-refractivity contribution in [1.29, 1.82) is 0 Å². The van der Waals surface area contributed by atoms with E-state index in [1.165, 1.54) is 17.8 Å². The van der Waals surface area contributed by atoms with Crippen molar-refractivity contribution in [2.75, 3.05) is 18.8 Å². The molecular weight excluding hydrogens is 218 g/mol. The quantitative estimate of drug-likeness (QED) is 0.587. The van der Waals surface area contributed by atoms with E-state index < -0.39 is 5.97 Å². The molecule has 1 heterocycles. The van der Waals surface area contributed by atoms with Crippen LogP contribution in [0.25, 0.3) is 0 Å². The summed E-state index contributed by atoms with van der Waals surface area (Å²) in [5.74, 6) is -0.159. The first kappa shape index (κ1) is 9.97. The maximum absolute atomic E-state index is 11.0. The first-order chi connectivity index (χ1) is 7.15. The third kappa shape index (κ3) is 1.46. The molecule has 0 spiro atoms. The number of carboxylic acid groups (broad SMARTS) is 1. The van der Waals surface area contributed by atoms with Crippen LogP contribution in [0.4, 0.5) is 5.69 Å². The molecule has 0 saturated heterocycles. The average Bonchev–Trinajstić information content (AvgIpc) is 2.66. The second-order valence-electron chi connectivity index (χ2n) is 2.92. The maximum Gasteiger partial charge on any atom is 0.337 e. The summed E-state index contributed by atoms with van der Waals surface area (Å²) in [5.41, 5.74) is 6.09. The maximum atomic E-state index is 11.0. The number of nitrogen functional groups attached to an aromatic ring is 1. The second-order valence-corrected chi connectivity index (χ2v) is 3.73. The number of hydrogen-bond acceptors (Lipinski definition) is 5. The van der Waals surface area contributed by atoms with Crippen LogP contribution in [0.1, 0.15) is 10.4 Å². The highest BCUT2D eigenvalue weighted by molar-refractivity contribution is 7.98. The molecule has 0 saturated carbocycles. The minimum atomic E-state index is -1.02. The van der Waals surface area contributed by atoms with Gasteiger partial charge in [-0.2, -0.15) is 0 Å². The molecule has 80 valence electrons. The van der Waals surface area contributed by atoms with Crippen LogP contribution in [-0.2, 0) is 0 Å². The van der Waals surface area contributed by atoms with E-state index in [0.717, 1.165) is 0 Å². The SMILES string of the molecule is CSc1c(C(=O)O)cc(N)c2c1OCO2.